The van der Waals surface area contributed by atoms with Gasteiger partial charge in [0.25, 0.3) is 11.5 Å². The van der Waals surface area contributed by atoms with Gasteiger partial charge in [-0.2, -0.15) is 4.98 Å². The van der Waals surface area contributed by atoms with Gasteiger partial charge in [-0.05, 0) is 138 Å². The number of nitrogens with zero attached hydrogens (tertiary/aromatic N) is 9. The molecule has 1 aromatic carbocycles. The summed E-state index contributed by atoms with van der Waals surface area (Å²) in [7, 11) is 0. The molecule has 1 aliphatic carbocycles. The van der Waals surface area contributed by atoms with E-state index in [1.54, 1.807) is 15.7 Å². The third-order valence-electron chi connectivity index (χ3n) is 15.5. The fourth-order valence-corrected chi connectivity index (χ4v) is 11.6. The van der Waals surface area contributed by atoms with E-state index in [0.29, 0.717) is 41.5 Å². The van der Waals surface area contributed by atoms with Crippen LogP contribution in [0.5, 0.6) is 0 Å². The molecule has 2 N–H and O–H groups in total. The number of imide groups is 1. The molecule has 16 nitrogen and oxygen atoms in total. The Morgan fingerprint density at radius 3 is 2.18 bits per heavy atom. The summed E-state index contributed by atoms with van der Waals surface area (Å²) in [6.07, 6.45) is 14.3. The molecule has 8 heterocycles. The number of hydrogen-bond donors (Lipinski definition) is 2. The molecule has 0 spiro atoms. The molecule has 10 rings (SSSR count). The van der Waals surface area contributed by atoms with Crippen molar-refractivity contribution in [1.82, 2.24) is 39.5 Å². The van der Waals surface area contributed by atoms with E-state index >= 15 is 0 Å². The first kappa shape index (κ1) is 49.3. The van der Waals surface area contributed by atoms with E-state index in [2.05, 4.69) is 47.3 Å². The van der Waals surface area contributed by atoms with Gasteiger partial charge in [0.1, 0.15) is 17.5 Å². The maximum Gasteiger partial charge on any atom is 0.263 e. The van der Waals surface area contributed by atoms with Crippen LogP contribution in [0.15, 0.2) is 47.5 Å². The lowest BCUT2D eigenvalue weighted by Crippen LogP contribution is -2.52. The van der Waals surface area contributed by atoms with Gasteiger partial charge >= 0.3 is 0 Å². The number of aromatic nitrogens is 4. The first-order valence-electron chi connectivity index (χ1n) is 24.4. The van der Waals surface area contributed by atoms with Gasteiger partial charge in [0, 0.05) is 87.7 Å². The molecule has 0 radical (unpaired) electrons. The molecule has 4 aromatic rings. The second kappa shape index (κ2) is 21.2. The van der Waals surface area contributed by atoms with Crippen LogP contribution < -0.4 is 26.0 Å². The van der Waals surface area contributed by atoms with Crippen LogP contribution in [-0.2, 0) is 16.1 Å². The second-order valence-corrected chi connectivity index (χ2v) is 19.7. The molecule has 1 saturated carbocycles. The smallest absolute Gasteiger partial charge is 0.263 e. The molecule has 3 amide bonds. The summed E-state index contributed by atoms with van der Waals surface area (Å²) in [6.45, 7) is 14.4. The summed E-state index contributed by atoms with van der Waals surface area (Å²) in [4.78, 5) is 89.3. The van der Waals surface area contributed by atoms with Gasteiger partial charge in [0.2, 0.25) is 17.8 Å². The number of likely N-dealkylation sites (tertiary alicyclic amines) is 1. The number of benzene rings is 1. The standard InChI is InChI=1S/C50H63N11O5.2ClH/c1-32-41-29-52-50(55-46(41)61(37-5-3-4-6-37)49(66)45(32)33(2)62)53-43-11-8-39(28-51-43)58-21-16-34(17-22-58)13-18-56-19-14-35(15-20-56)30-57-23-25-59(26-24-57)38-7-9-40-36(27-38)31-60(48(40)65)42-10-12-44(63)54-47(42)64;;/h7-9,11,27-29,34-35,37,42H,3-6,10,12-26,30-31H2,1-2H3,(H,54,63,64)(H,51,52,53,55);2*1H. The normalized spacial score (nSPS) is 21.2. The molecule has 3 aromatic heterocycles. The second-order valence-electron chi connectivity index (χ2n) is 19.7. The number of aryl methyl sites for hydroxylation is 1. The van der Waals surface area contributed by atoms with Crippen LogP contribution in [0, 0.1) is 18.8 Å². The number of piperazine rings is 1. The molecule has 0 bridgehead atoms. The fourth-order valence-electron chi connectivity index (χ4n) is 11.6. The molecule has 4 saturated heterocycles. The van der Waals surface area contributed by atoms with Crippen LogP contribution in [-0.4, -0.2) is 129 Å². The van der Waals surface area contributed by atoms with Crippen molar-refractivity contribution >= 4 is 82.5 Å². The van der Waals surface area contributed by atoms with Crippen LogP contribution in [0.4, 0.5) is 23.1 Å². The number of Topliss-reactive ketones (excluding diaryl/α,β-unsaturated/α-hetero) is 1. The molecule has 364 valence electrons. The summed E-state index contributed by atoms with van der Waals surface area (Å²) in [6, 6.07) is 9.60. The summed E-state index contributed by atoms with van der Waals surface area (Å²) in [5.74, 6) is 1.50. The number of nitrogens with one attached hydrogen (secondary N) is 2. The Hall–Kier alpha value is -5.16. The largest absolute Gasteiger partial charge is 0.370 e. The van der Waals surface area contributed by atoms with Crippen molar-refractivity contribution in [3.63, 3.8) is 0 Å². The first-order chi connectivity index (χ1) is 32.1. The number of anilines is 4. The van der Waals surface area contributed by atoms with Gasteiger partial charge in [-0.25, -0.2) is 9.97 Å². The lowest BCUT2D eigenvalue weighted by molar-refractivity contribution is -0.136. The maximum atomic E-state index is 13.6. The van der Waals surface area contributed by atoms with Crippen molar-refractivity contribution in [2.75, 3.05) is 80.6 Å². The summed E-state index contributed by atoms with van der Waals surface area (Å²) >= 11 is 0. The number of carbonyl (C=O) groups excluding carboxylic acids is 4. The lowest BCUT2D eigenvalue weighted by Gasteiger charge is -2.40. The number of piperidine rings is 3. The first-order valence-corrected chi connectivity index (χ1v) is 24.4. The van der Waals surface area contributed by atoms with E-state index in [-0.39, 0.29) is 71.9 Å². The van der Waals surface area contributed by atoms with E-state index in [1.807, 2.05) is 31.3 Å². The van der Waals surface area contributed by atoms with Gasteiger partial charge in [0.15, 0.2) is 5.78 Å². The average Bonchev–Trinajstić information content (AvgIpc) is 3.97. The Morgan fingerprint density at radius 1 is 0.779 bits per heavy atom. The number of carbonyl (C=O) groups is 4. The van der Waals surface area contributed by atoms with E-state index in [1.165, 1.54) is 58.7 Å². The number of hydrogen-bond acceptors (Lipinski definition) is 13. The zero-order valence-corrected chi connectivity index (χ0v) is 40.9. The quantitative estimate of drug-likeness (QED) is 0.120. The lowest BCUT2D eigenvalue weighted by atomic mass is 9.91. The zero-order chi connectivity index (χ0) is 45.5. The minimum absolute atomic E-state index is 0. The number of amides is 3. The summed E-state index contributed by atoms with van der Waals surface area (Å²) in [5.41, 5.74) is 5.05. The molecule has 1 unspecified atom stereocenters. The molecule has 6 aliphatic rings. The number of ketones is 1. The Labute approximate surface area is 410 Å². The van der Waals surface area contributed by atoms with Crippen LogP contribution in [0.2, 0.25) is 0 Å². The zero-order valence-electron chi connectivity index (χ0n) is 39.3. The third-order valence-corrected chi connectivity index (χ3v) is 15.5. The van der Waals surface area contributed by atoms with Crippen molar-refractivity contribution in [2.24, 2.45) is 11.8 Å². The van der Waals surface area contributed by atoms with Gasteiger partial charge in [-0.3, -0.25) is 38.8 Å². The predicted octanol–water partition coefficient (Wildman–Crippen LogP) is 6.30. The molecule has 5 fully saturated rings. The third kappa shape index (κ3) is 10.2. The molecule has 68 heavy (non-hydrogen) atoms. The van der Waals surface area contributed by atoms with Crippen molar-refractivity contribution in [1.29, 1.82) is 0 Å². The Bertz CT molecular complexity index is 2560. The minimum Gasteiger partial charge on any atom is -0.370 e. The number of halogens is 2. The summed E-state index contributed by atoms with van der Waals surface area (Å²) < 4.78 is 1.74. The molecule has 1 atom stereocenters. The highest BCUT2D eigenvalue weighted by Crippen LogP contribution is 2.34. The van der Waals surface area contributed by atoms with Crippen LogP contribution >= 0.6 is 24.8 Å². The fraction of sp³-hybridized carbons (Fsp3) is 0.560. The van der Waals surface area contributed by atoms with Crippen molar-refractivity contribution in [2.45, 2.75) is 103 Å². The Morgan fingerprint density at radius 2 is 1.49 bits per heavy atom. The molecular weight excluding hydrogens is 906 g/mol. The van der Waals surface area contributed by atoms with E-state index in [0.717, 1.165) is 106 Å². The number of pyridine rings is 2. The SMILES string of the molecule is CC(=O)c1c(C)c2cnc(Nc3ccc(N4CCC(CCN5CCC(CN6CCN(c7ccc8c(c7)CN(C7CCC(=O)NC7=O)C8=O)CC6)CC5)CC4)cn3)nc2n(C2CCCC2)c1=O.Cl.Cl. The highest BCUT2D eigenvalue weighted by atomic mass is 35.5. The van der Waals surface area contributed by atoms with E-state index in [9.17, 15) is 24.0 Å². The van der Waals surface area contributed by atoms with Crippen molar-refractivity contribution in [3.8, 4) is 0 Å². The van der Waals surface area contributed by atoms with Crippen molar-refractivity contribution in [3.05, 3.63) is 75.3 Å². The van der Waals surface area contributed by atoms with Crippen LogP contribution in [0.25, 0.3) is 11.0 Å². The summed E-state index contributed by atoms with van der Waals surface area (Å²) in [5, 5.41) is 6.37. The van der Waals surface area contributed by atoms with Gasteiger partial charge in [0.05, 0.1) is 17.4 Å². The Kier molecular flexibility index (Phi) is 15.4. The highest BCUT2D eigenvalue weighted by Gasteiger charge is 2.39. The maximum absolute atomic E-state index is 13.6. The molecular formula is C50H65Cl2N11O5. The van der Waals surface area contributed by atoms with Gasteiger partial charge in [-0.15, -0.1) is 24.8 Å². The average molecular weight is 971 g/mol. The van der Waals surface area contributed by atoms with Gasteiger partial charge < -0.3 is 24.9 Å². The topological polar surface area (TPSA) is 169 Å². The number of rotatable bonds is 12. The number of fused-ring (bicyclic) bond motifs is 2. The van der Waals surface area contributed by atoms with Crippen molar-refractivity contribution < 1.29 is 19.2 Å². The highest BCUT2D eigenvalue weighted by molar-refractivity contribution is 6.05. The monoisotopic (exact) mass is 969 g/mol. The minimum atomic E-state index is -0.588. The van der Waals surface area contributed by atoms with E-state index in [4.69, 9.17) is 9.97 Å². The molecule has 18 heteroatoms. The van der Waals surface area contributed by atoms with Crippen LogP contribution in [0.1, 0.15) is 115 Å². The molecule has 5 aliphatic heterocycles. The Balaban J connectivity index is 0.00000312. The van der Waals surface area contributed by atoms with E-state index < -0.39 is 6.04 Å². The predicted molar refractivity (Wildman–Crippen MR) is 268 cm³/mol. The van der Waals surface area contributed by atoms with Gasteiger partial charge in [-0.1, -0.05) is 12.8 Å². The van der Waals surface area contributed by atoms with Crippen LogP contribution in [0.3, 0.4) is 0 Å².